The molecule has 4 rings (SSSR count). The second-order valence-corrected chi connectivity index (χ2v) is 8.22. The number of halogens is 3. The Morgan fingerprint density at radius 1 is 1.18 bits per heavy atom. The van der Waals surface area contributed by atoms with Crippen molar-refractivity contribution >= 4 is 11.7 Å². The predicted octanol–water partition coefficient (Wildman–Crippen LogP) is 4.55. The lowest BCUT2D eigenvalue weighted by molar-refractivity contribution is -0.137. The minimum absolute atomic E-state index is 0.00168. The van der Waals surface area contributed by atoms with Crippen molar-refractivity contribution in [1.82, 2.24) is 10.2 Å². The molecule has 7 nitrogen and oxygen atoms in total. The minimum atomic E-state index is -4.46. The monoisotopic (exact) mass is 463 g/mol. The summed E-state index contributed by atoms with van der Waals surface area (Å²) in [4.78, 5) is 19.8. The quantitative estimate of drug-likeness (QED) is 0.683. The molecule has 2 amide bonds. The van der Waals surface area contributed by atoms with E-state index in [1.165, 1.54) is 11.0 Å². The summed E-state index contributed by atoms with van der Waals surface area (Å²) in [5.74, 6) is 1.29. The number of rotatable bonds is 6. The van der Waals surface area contributed by atoms with Gasteiger partial charge in [0.15, 0.2) is 17.6 Å². The van der Waals surface area contributed by atoms with E-state index in [-0.39, 0.29) is 32.0 Å². The highest BCUT2D eigenvalue weighted by Crippen LogP contribution is 2.34. The van der Waals surface area contributed by atoms with Crippen LogP contribution in [-0.4, -0.2) is 42.1 Å². The Kier molecular flexibility index (Phi) is 6.35. The number of hydrogen-bond donors (Lipinski definition) is 1. The van der Waals surface area contributed by atoms with Gasteiger partial charge in [0.05, 0.1) is 17.8 Å². The fourth-order valence-corrected chi connectivity index (χ4v) is 3.64. The number of nitrogens with one attached hydrogen (secondary N) is 1. The molecule has 0 saturated carbocycles. The molecule has 2 aromatic carbocycles. The number of carbonyl (C=O) groups is 1. The van der Waals surface area contributed by atoms with Gasteiger partial charge in [0, 0.05) is 24.6 Å². The van der Waals surface area contributed by atoms with Crippen LogP contribution in [0.1, 0.15) is 37.0 Å². The van der Waals surface area contributed by atoms with Gasteiger partial charge in [-0.15, -0.1) is 0 Å². The average molecular weight is 463 g/mol. The lowest BCUT2D eigenvalue weighted by Gasteiger charge is -2.26. The van der Waals surface area contributed by atoms with E-state index in [4.69, 9.17) is 14.3 Å². The van der Waals surface area contributed by atoms with Crippen molar-refractivity contribution in [3.05, 3.63) is 59.2 Å². The number of nitrogens with zero attached hydrogens (tertiary/aromatic N) is 2. The Bertz CT molecular complexity index is 1060. The van der Waals surface area contributed by atoms with E-state index >= 15 is 0 Å². The maximum Gasteiger partial charge on any atom is 0.416 e. The fraction of sp³-hybridized carbons (Fsp3) is 0.391. The van der Waals surface area contributed by atoms with Crippen LogP contribution < -0.4 is 14.8 Å². The van der Waals surface area contributed by atoms with Crippen molar-refractivity contribution in [1.29, 1.82) is 0 Å². The second-order valence-electron chi connectivity index (χ2n) is 8.22. The third-order valence-electron chi connectivity index (χ3n) is 5.19. The van der Waals surface area contributed by atoms with E-state index in [1.54, 1.807) is 12.1 Å². The second kappa shape index (κ2) is 9.21. The van der Waals surface area contributed by atoms with Gasteiger partial charge in [-0.05, 0) is 49.7 Å². The van der Waals surface area contributed by atoms with Gasteiger partial charge in [-0.25, -0.2) is 4.79 Å². The summed E-state index contributed by atoms with van der Waals surface area (Å²) >= 11 is 0. The third kappa shape index (κ3) is 5.50. The van der Waals surface area contributed by atoms with E-state index in [2.05, 4.69) is 10.5 Å². The first-order valence-corrected chi connectivity index (χ1v) is 10.5. The van der Waals surface area contributed by atoms with Crippen molar-refractivity contribution in [3.63, 3.8) is 0 Å². The Balaban J connectivity index is 1.46. The van der Waals surface area contributed by atoms with E-state index in [0.29, 0.717) is 29.2 Å². The minimum Gasteiger partial charge on any atom is -0.454 e. The highest BCUT2D eigenvalue weighted by molar-refractivity contribution is 6.01. The SMILES string of the molecule is CC(C)NC(=O)N(Cc1cccc(C(F)(F)F)c1)CC1CC(c2ccc3c(c2)OCO3)=NO1. The summed E-state index contributed by atoms with van der Waals surface area (Å²) in [6, 6.07) is 9.91. The highest BCUT2D eigenvalue weighted by Gasteiger charge is 2.31. The Labute approximate surface area is 189 Å². The lowest BCUT2D eigenvalue weighted by Crippen LogP contribution is -2.45. The van der Waals surface area contributed by atoms with Crippen LogP contribution in [0.3, 0.4) is 0 Å². The Morgan fingerprint density at radius 2 is 1.97 bits per heavy atom. The standard InChI is InChI=1S/C23H24F3N3O4/c1-14(2)27-22(30)29(11-15-4-3-5-17(8-15)23(24,25)26)12-18-10-19(28-33-18)16-6-7-20-21(9-16)32-13-31-20/h3-9,14,18H,10-13H2,1-2H3,(H,27,30). The van der Waals surface area contributed by atoms with Crippen LogP contribution in [0.4, 0.5) is 18.0 Å². The highest BCUT2D eigenvalue weighted by atomic mass is 19.4. The number of benzene rings is 2. The molecule has 2 heterocycles. The molecule has 0 saturated heterocycles. The molecule has 1 N–H and O–H groups in total. The molecule has 1 atom stereocenters. The van der Waals surface area contributed by atoms with Gasteiger partial charge in [0.25, 0.3) is 0 Å². The van der Waals surface area contributed by atoms with Crippen molar-refractivity contribution in [2.75, 3.05) is 13.3 Å². The number of fused-ring (bicyclic) bond motifs is 1. The fourth-order valence-electron chi connectivity index (χ4n) is 3.64. The zero-order valence-electron chi connectivity index (χ0n) is 18.2. The van der Waals surface area contributed by atoms with Gasteiger partial charge in [-0.2, -0.15) is 13.2 Å². The van der Waals surface area contributed by atoms with Crippen LogP contribution >= 0.6 is 0 Å². The molecule has 0 spiro atoms. The molecule has 0 radical (unpaired) electrons. The van der Waals surface area contributed by atoms with Crippen LogP contribution in [0.5, 0.6) is 11.5 Å². The lowest BCUT2D eigenvalue weighted by atomic mass is 10.0. The zero-order chi connectivity index (χ0) is 23.6. The van der Waals surface area contributed by atoms with Gasteiger partial charge in [0.2, 0.25) is 6.79 Å². The van der Waals surface area contributed by atoms with Gasteiger partial charge >= 0.3 is 12.2 Å². The molecule has 0 fully saturated rings. The van der Waals surface area contributed by atoms with Gasteiger partial charge < -0.3 is 24.5 Å². The van der Waals surface area contributed by atoms with Crippen molar-refractivity contribution in [2.24, 2.45) is 5.16 Å². The van der Waals surface area contributed by atoms with Gasteiger partial charge in [-0.1, -0.05) is 17.3 Å². The molecule has 0 aromatic heterocycles. The maximum absolute atomic E-state index is 13.1. The first-order chi connectivity index (χ1) is 15.7. The van der Waals surface area contributed by atoms with Crippen molar-refractivity contribution < 1.29 is 32.3 Å². The summed E-state index contributed by atoms with van der Waals surface area (Å²) < 4.78 is 50.0. The average Bonchev–Trinajstić information content (AvgIpc) is 3.41. The normalized spacial score (nSPS) is 17.0. The zero-order valence-corrected chi connectivity index (χ0v) is 18.2. The molecule has 1 unspecified atom stereocenters. The van der Waals surface area contributed by atoms with Crippen LogP contribution in [-0.2, 0) is 17.6 Å². The number of alkyl halides is 3. The van der Waals surface area contributed by atoms with E-state index in [0.717, 1.165) is 17.7 Å². The molecular formula is C23H24F3N3O4. The number of hydrogen-bond acceptors (Lipinski definition) is 5. The maximum atomic E-state index is 13.1. The molecule has 0 bridgehead atoms. The van der Waals surface area contributed by atoms with Crippen LogP contribution in [0, 0.1) is 0 Å². The number of urea groups is 1. The van der Waals surface area contributed by atoms with Crippen LogP contribution in [0.2, 0.25) is 0 Å². The molecule has 0 aliphatic carbocycles. The topological polar surface area (TPSA) is 72.4 Å². The Morgan fingerprint density at radius 3 is 2.73 bits per heavy atom. The van der Waals surface area contributed by atoms with Gasteiger partial charge in [0.1, 0.15) is 0 Å². The van der Waals surface area contributed by atoms with Crippen molar-refractivity contribution in [2.45, 2.75) is 45.1 Å². The summed E-state index contributed by atoms with van der Waals surface area (Å²) in [6.45, 7) is 3.95. The van der Waals surface area contributed by atoms with Crippen molar-refractivity contribution in [3.8, 4) is 11.5 Å². The number of ether oxygens (including phenoxy) is 2. The molecule has 176 valence electrons. The first-order valence-electron chi connectivity index (χ1n) is 10.5. The molecule has 2 aromatic rings. The third-order valence-corrected chi connectivity index (χ3v) is 5.19. The predicted molar refractivity (Wildman–Crippen MR) is 114 cm³/mol. The Hall–Kier alpha value is -3.43. The molecule has 10 heteroatoms. The smallest absolute Gasteiger partial charge is 0.416 e. The summed E-state index contributed by atoms with van der Waals surface area (Å²) in [6.07, 6.45) is -4.45. The number of oxime groups is 1. The van der Waals surface area contributed by atoms with E-state index in [9.17, 15) is 18.0 Å². The van der Waals surface area contributed by atoms with Gasteiger partial charge in [-0.3, -0.25) is 0 Å². The summed E-state index contributed by atoms with van der Waals surface area (Å²) in [7, 11) is 0. The van der Waals surface area contributed by atoms with Crippen LogP contribution in [0.15, 0.2) is 47.6 Å². The molecule has 33 heavy (non-hydrogen) atoms. The molecular weight excluding hydrogens is 439 g/mol. The number of carbonyl (C=O) groups excluding carboxylic acids is 1. The summed E-state index contributed by atoms with van der Waals surface area (Å²) in [5.41, 5.74) is 1.13. The molecule has 2 aliphatic heterocycles. The van der Waals surface area contributed by atoms with E-state index < -0.39 is 17.8 Å². The first kappa shape index (κ1) is 22.8. The largest absolute Gasteiger partial charge is 0.454 e. The molecule has 2 aliphatic rings. The van der Waals surface area contributed by atoms with E-state index in [1.807, 2.05) is 26.0 Å². The van der Waals surface area contributed by atoms with Crippen LogP contribution in [0.25, 0.3) is 0 Å². The number of amides is 2. The summed E-state index contributed by atoms with van der Waals surface area (Å²) in [5, 5.41) is 6.95.